The first-order chi connectivity index (χ1) is 6.52. The van der Waals surface area contributed by atoms with Crippen LogP contribution in [-0.2, 0) is 11.8 Å². The minimum Gasteiger partial charge on any atom is -0.274 e. The Morgan fingerprint density at radius 3 is 2.57 bits per heavy atom. The molecule has 0 atom stereocenters. The normalized spacial score (nSPS) is 11.6. The van der Waals surface area contributed by atoms with Gasteiger partial charge in [-0.1, -0.05) is 5.21 Å². The van der Waals surface area contributed by atoms with Gasteiger partial charge in [0, 0.05) is 14.0 Å². The summed E-state index contributed by atoms with van der Waals surface area (Å²) in [6, 6.07) is 0. The van der Waals surface area contributed by atoms with Crippen LogP contribution in [0.25, 0.3) is 0 Å². The van der Waals surface area contributed by atoms with Gasteiger partial charge in [-0.3, -0.25) is 9.48 Å². The lowest BCUT2D eigenvalue weighted by molar-refractivity contribution is -0.118. The second-order valence-electron chi connectivity index (χ2n) is 3.01. The maximum atomic E-state index is 10.6. The van der Waals surface area contributed by atoms with Gasteiger partial charge in [0.2, 0.25) is 5.91 Å². The van der Waals surface area contributed by atoms with Gasteiger partial charge in [0.05, 0.1) is 11.4 Å². The average Bonchev–Trinajstić information content (AvgIpc) is 2.44. The molecule has 1 aromatic rings. The number of aromatic nitrogens is 3. The second-order valence-corrected chi connectivity index (χ2v) is 3.01. The second kappa shape index (κ2) is 3.99. The predicted molar refractivity (Wildman–Crippen MR) is 51.8 cm³/mol. The molecule has 14 heavy (non-hydrogen) atoms. The van der Waals surface area contributed by atoms with Crippen molar-refractivity contribution in [2.75, 3.05) is 0 Å². The fourth-order valence-corrected chi connectivity index (χ4v) is 0.954. The fraction of sp³-hybridized carbons (Fsp3) is 0.500. The molecule has 1 aromatic heterocycles. The molecule has 6 heteroatoms. The van der Waals surface area contributed by atoms with Crippen LogP contribution >= 0.6 is 0 Å². The maximum absolute atomic E-state index is 10.6. The zero-order chi connectivity index (χ0) is 10.7. The van der Waals surface area contributed by atoms with E-state index in [1.165, 1.54) is 6.92 Å². The Balaban J connectivity index is 2.89. The first-order valence-electron chi connectivity index (χ1n) is 4.20. The highest BCUT2D eigenvalue weighted by atomic mass is 16.2. The van der Waals surface area contributed by atoms with Crippen molar-refractivity contribution >= 4 is 11.6 Å². The Morgan fingerprint density at radius 1 is 1.50 bits per heavy atom. The molecule has 0 saturated carbocycles. The van der Waals surface area contributed by atoms with Crippen molar-refractivity contribution < 1.29 is 4.79 Å². The van der Waals surface area contributed by atoms with E-state index in [0.717, 1.165) is 5.69 Å². The molecule has 1 N–H and O–H groups in total. The van der Waals surface area contributed by atoms with Crippen LogP contribution in [0.15, 0.2) is 5.10 Å². The van der Waals surface area contributed by atoms with Crippen LogP contribution in [0.3, 0.4) is 0 Å². The third kappa shape index (κ3) is 2.15. The zero-order valence-corrected chi connectivity index (χ0v) is 8.70. The summed E-state index contributed by atoms with van der Waals surface area (Å²) in [4.78, 5) is 10.6. The molecule has 0 fully saturated rings. The molecule has 0 saturated heterocycles. The first kappa shape index (κ1) is 10.4. The topological polar surface area (TPSA) is 72.2 Å². The van der Waals surface area contributed by atoms with Crippen molar-refractivity contribution in [2.24, 2.45) is 12.1 Å². The van der Waals surface area contributed by atoms with E-state index < -0.39 is 0 Å². The SMILES string of the molecule is CC(=O)N/N=C(/C)c1nnn(C)c1C. The summed E-state index contributed by atoms with van der Waals surface area (Å²) in [7, 11) is 1.80. The molecule has 0 aliphatic carbocycles. The monoisotopic (exact) mass is 195 g/mol. The van der Waals surface area contributed by atoms with Gasteiger partial charge in [-0.15, -0.1) is 5.10 Å². The highest BCUT2D eigenvalue weighted by Gasteiger charge is 2.08. The summed E-state index contributed by atoms with van der Waals surface area (Å²) >= 11 is 0. The van der Waals surface area contributed by atoms with Gasteiger partial charge in [-0.2, -0.15) is 5.10 Å². The van der Waals surface area contributed by atoms with E-state index in [1.54, 1.807) is 18.7 Å². The lowest BCUT2D eigenvalue weighted by atomic mass is 10.2. The zero-order valence-electron chi connectivity index (χ0n) is 8.70. The molecule has 0 aromatic carbocycles. The lowest BCUT2D eigenvalue weighted by Gasteiger charge is -1.97. The van der Waals surface area contributed by atoms with Gasteiger partial charge in [0.1, 0.15) is 5.69 Å². The smallest absolute Gasteiger partial charge is 0.236 e. The standard InChI is InChI=1S/C8H13N5O/c1-5(9-10-7(3)14)8-6(2)13(4)12-11-8/h1-4H3,(H,10,14)/b9-5-. The van der Waals surface area contributed by atoms with Crippen molar-refractivity contribution in [3.8, 4) is 0 Å². The predicted octanol–water partition coefficient (Wildman–Crippen LogP) is -0.0164. The largest absolute Gasteiger partial charge is 0.274 e. The number of aryl methyl sites for hydroxylation is 1. The molecular formula is C8H13N5O. The Morgan fingerprint density at radius 2 is 2.14 bits per heavy atom. The van der Waals surface area contributed by atoms with Crippen LogP contribution in [0, 0.1) is 6.92 Å². The minimum atomic E-state index is -0.203. The van der Waals surface area contributed by atoms with Gasteiger partial charge in [-0.25, -0.2) is 5.43 Å². The summed E-state index contributed by atoms with van der Waals surface area (Å²) in [6.45, 7) is 5.06. The maximum Gasteiger partial charge on any atom is 0.236 e. The molecule has 0 aliphatic rings. The number of amides is 1. The van der Waals surface area contributed by atoms with Crippen LogP contribution in [0.1, 0.15) is 25.2 Å². The Labute approximate surface area is 82.0 Å². The average molecular weight is 195 g/mol. The lowest BCUT2D eigenvalue weighted by Crippen LogP contribution is -2.15. The summed E-state index contributed by atoms with van der Waals surface area (Å²) in [5.41, 5.74) is 4.61. The van der Waals surface area contributed by atoms with Gasteiger partial charge in [0.15, 0.2) is 0 Å². The van der Waals surface area contributed by atoms with E-state index >= 15 is 0 Å². The quantitative estimate of drug-likeness (QED) is 0.532. The molecule has 6 nitrogen and oxygen atoms in total. The highest BCUT2D eigenvalue weighted by molar-refractivity contribution is 5.98. The minimum absolute atomic E-state index is 0.203. The summed E-state index contributed by atoms with van der Waals surface area (Å²) in [6.07, 6.45) is 0. The number of hydrogen-bond donors (Lipinski definition) is 1. The summed E-state index contributed by atoms with van der Waals surface area (Å²) in [5, 5.41) is 11.6. The third-order valence-electron chi connectivity index (χ3n) is 1.83. The van der Waals surface area contributed by atoms with E-state index in [0.29, 0.717) is 11.4 Å². The summed E-state index contributed by atoms with van der Waals surface area (Å²) in [5.74, 6) is -0.203. The van der Waals surface area contributed by atoms with Crippen LogP contribution in [0.4, 0.5) is 0 Å². The van der Waals surface area contributed by atoms with Crippen molar-refractivity contribution in [2.45, 2.75) is 20.8 Å². The fourth-order valence-electron chi connectivity index (χ4n) is 0.954. The van der Waals surface area contributed by atoms with E-state index in [2.05, 4.69) is 20.8 Å². The Hall–Kier alpha value is -1.72. The molecule has 0 aliphatic heterocycles. The molecule has 1 rings (SSSR count). The first-order valence-corrected chi connectivity index (χ1v) is 4.20. The highest BCUT2D eigenvalue weighted by Crippen LogP contribution is 2.02. The molecule has 0 spiro atoms. The molecule has 1 heterocycles. The number of carbonyl (C=O) groups excluding carboxylic acids is 1. The van der Waals surface area contributed by atoms with Crippen molar-refractivity contribution in [1.82, 2.24) is 20.4 Å². The molecule has 76 valence electrons. The van der Waals surface area contributed by atoms with Gasteiger partial charge < -0.3 is 0 Å². The van der Waals surface area contributed by atoms with Crippen LogP contribution in [0.2, 0.25) is 0 Å². The number of nitrogens with one attached hydrogen (secondary N) is 1. The number of rotatable bonds is 2. The molecule has 1 amide bonds. The van der Waals surface area contributed by atoms with Crippen LogP contribution in [-0.4, -0.2) is 26.6 Å². The van der Waals surface area contributed by atoms with Crippen molar-refractivity contribution in [3.63, 3.8) is 0 Å². The number of hydrogen-bond acceptors (Lipinski definition) is 4. The van der Waals surface area contributed by atoms with Gasteiger partial charge in [-0.05, 0) is 13.8 Å². The van der Waals surface area contributed by atoms with Crippen LogP contribution in [0.5, 0.6) is 0 Å². The Bertz CT molecular complexity index is 379. The molecule has 0 unspecified atom stereocenters. The van der Waals surface area contributed by atoms with Gasteiger partial charge in [0.25, 0.3) is 0 Å². The number of hydrazone groups is 1. The van der Waals surface area contributed by atoms with E-state index in [-0.39, 0.29) is 5.91 Å². The summed E-state index contributed by atoms with van der Waals surface area (Å²) < 4.78 is 1.65. The van der Waals surface area contributed by atoms with E-state index in [1.807, 2.05) is 6.92 Å². The Kier molecular flexibility index (Phi) is 2.95. The van der Waals surface area contributed by atoms with Crippen molar-refractivity contribution in [1.29, 1.82) is 0 Å². The molecular weight excluding hydrogens is 182 g/mol. The van der Waals surface area contributed by atoms with Gasteiger partial charge >= 0.3 is 0 Å². The third-order valence-corrected chi connectivity index (χ3v) is 1.83. The van der Waals surface area contributed by atoms with E-state index in [9.17, 15) is 4.79 Å². The van der Waals surface area contributed by atoms with E-state index in [4.69, 9.17) is 0 Å². The molecule has 0 radical (unpaired) electrons. The molecule has 0 bridgehead atoms. The number of nitrogens with zero attached hydrogens (tertiary/aromatic N) is 4. The van der Waals surface area contributed by atoms with Crippen molar-refractivity contribution in [3.05, 3.63) is 11.4 Å². The number of carbonyl (C=O) groups is 1. The van der Waals surface area contributed by atoms with Crippen LogP contribution < -0.4 is 5.43 Å².